The predicted molar refractivity (Wildman–Crippen MR) is 138 cm³/mol. The lowest BCUT2D eigenvalue weighted by Crippen LogP contribution is -2.51. The summed E-state index contributed by atoms with van der Waals surface area (Å²) in [6.07, 6.45) is 5.11. The highest BCUT2D eigenvalue weighted by Crippen LogP contribution is 2.46. The van der Waals surface area contributed by atoms with E-state index in [0.29, 0.717) is 28.1 Å². The molecular weight excluding hydrogens is 455 g/mol. The van der Waals surface area contributed by atoms with Crippen LogP contribution >= 0.6 is 0 Å². The Morgan fingerprint density at radius 3 is 2.42 bits per heavy atom. The molecule has 5 rings (SSSR count). The Labute approximate surface area is 211 Å². The molecule has 0 bridgehead atoms. The van der Waals surface area contributed by atoms with E-state index in [9.17, 15) is 14.0 Å². The van der Waals surface area contributed by atoms with Crippen LogP contribution in [0.5, 0.6) is 5.75 Å². The number of aryl methyl sites for hydroxylation is 1. The van der Waals surface area contributed by atoms with Crippen LogP contribution in [0.4, 0.5) is 10.1 Å². The zero-order valence-electron chi connectivity index (χ0n) is 20.7. The fourth-order valence-corrected chi connectivity index (χ4v) is 5.64. The minimum Gasteiger partial charge on any atom is -0.497 e. The first kappa shape index (κ1) is 24.0. The Kier molecular flexibility index (Phi) is 6.77. The summed E-state index contributed by atoms with van der Waals surface area (Å²) in [4.78, 5) is 29.9. The number of carbonyl (C=O) groups excluding carboxylic acids is 2. The number of carbonyl (C=O) groups is 2. The number of nitrogens with zero attached hydrogens (tertiary/aromatic N) is 1. The van der Waals surface area contributed by atoms with Gasteiger partial charge in [0.2, 0.25) is 5.91 Å². The van der Waals surface area contributed by atoms with E-state index in [4.69, 9.17) is 4.74 Å². The maximum atomic E-state index is 14.3. The number of ether oxygens (including phenoxy) is 1. The van der Waals surface area contributed by atoms with Crippen molar-refractivity contribution in [2.24, 2.45) is 0 Å². The van der Waals surface area contributed by atoms with Gasteiger partial charge in [-0.15, -0.1) is 0 Å². The highest BCUT2D eigenvalue weighted by molar-refractivity contribution is 6.04. The van der Waals surface area contributed by atoms with Gasteiger partial charge in [-0.2, -0.15) is 0 Å². The van der Waals surface area contributed by atoms with Crippen LogP contribution in [0.3, 0.4) is 0 Å². The molecule has 6 heteroatoms. The summed E-state index contributed by atoms with van der Waals surface area (Å²) in [5, 5.41) is 2.94. The van der Waals surface area contributed by atoms with Gasteiger partial charge in [0.15, 0.2) is 0 Å². The molecule has 3 aromatic rings. The number of amides is 2. The van der Waals surface area contributed by atoms with Gasteiger partial charge in [-0.3, -0.25) is 9.59 Å². The van der Waals surface area contributed by atoms with Crippen molar-refractivity contribution < 1.29 is 18.7 Å². The van der Waals surface area contributed by atoms with Gasteiger partial charge in [-0.1, -0.05) is 55.7 Å². The summed E-state index contributed by atoms with van der Waals surface area (Å²) >= 11 is 0. The van der Waals surface area contributed by atoms with Crippen LogP contribution in [0, 0.1) is 12.7 Å². The quantitative estimate of drug-likeness (QED) is 0.454. The first-order valence-electron chi connectivity index (χ1n) is 12.6. The molecule has 1 heterocycles. The molecule has 2 amide bonds. The molecule has 1 aliphatic heterocycles. The van der Waals surface area contributed by atoms with Gasteiger partial charge >= 0.3 is 0 Å². The van der Waals surface area contributed by atoms with Crippen molar-refractivity contribution in [3.63, 3.8) is 0 Å². The minimum absolute atomic E-state index is 0.0382. The van der Waals surface area contributed by atoms with Crippen LogP contribution in [-0.2, 0) is 4.79 Å². The third-order valence-electron chi connectivity index (χ3n) is 7.52. The van der Waals surface area contributed by atoms with Crippen molar-refractivity contribution in [1.29, 1.82) is 0 Å². The molecule has 1 saturated carbocycles. The Hall–Kier alpha value is -3.67. The molecule has 1 fully saturated rings. The van der Waals surface area contributed by atoms with Crippen LogP contribution in [0.25, 0.3) is 0 Å². The number of rotatable bonds is 5. The van der Waals surface area contributed by atoms with E-state index in [1.54, 1.807) is 26.2 Å². The number of anilines is 1. The van der Waals surface area contributed by atoms with Crippen LogP contribution < -0.4 is 10.1 Å². The zero-order chi connectivity index (χ0) is 25.2. The second-order valence-electron chi connectivity index (χ2n) is 9.74. The van der Waals surface area contributed by atoms with E-state index in [-0.39, 0.29) is 23.7 Å². The molecule has 2 unspecified atom stereocenters. The first-order chi connectivity index (χ1) is 17.5. The molecule has 0 spiro atoms. The molecule has 1 N–H and O–H groups in total. The number of fused-ring (bicyclic) bond motifs is 1. The number of hydrogen-bond acceptors (Lipinski definition) is 3. The minimum atomic E-state index is -0.654. The molecular formula is C30H31FN2O3. The third-order valence-corrected chi connectivity index (χ3v) is 7.52. The molecule has 3 aromatic carbocycles. The van der Waals surface area contributed by atoms with Gasteiger partial charge in [0.25, 0.3) is 5.91 Å². The monoisotopic (exact) mass is 486 g/mol. The van der Waals surface area contributed by atoms with Crippen molar-refractivity contribution in [2.45, 2.75) is 57.0 Å². The van der Waals surface area contributed by atoms with E-state index < -0.39 is 12.0 Å². The largest absolute Gasteiger partial charge is 0.497 e. The average molecular weight is 487 g/mol. The standard InChI is InChI=1S/C30H31FN2O3/c1-19-12-15-21(18-26(19)31)32-29(34)27-24-10-6-7-11-25(24)30(35)33(22-8-4-3-5-9-22)28(27)20-13-16-23(36-2)17-14-20/h6-7,10-18,22,27-28H,3-5,8-9H2,1-2H3,(H,32,34). The highest BCUT2D eigenvalue weighted by atomic mass is 19.1. The second-order valence-corrected chi connectivity index (χ2v) is 9.74. The molecule has 5 nitrogen and oxygen atoms in total. The predicted octanol–water partition coefficient (Wildman–Crippen LogP) is 6.39. The Morgan fingerprint density at radius 2 is 1.72 bits per heavy atom. The maximum absolute atomic E-state index is 14.3. The van der Waals surface area contributed by atoms with Gasteiger partial charge in [0.1, 0.15) is 11.6 Å². The van der Waals surface area contributed by atoms with Crippen LogP contribution in [-0.4, -0.2) is 29.9 Å². The van der Waals surface area contributed by atoms with Crippen LogP contribution in [0.15, 0.2) is 66.7 Å². The van der Waals surface area contributed by atoms with E-state index in [2.05, 4.69) is 5.32 Å². The SMILES string of the molecule is COc1ccc(C2C(C(=O)Nc3ccc(C)c(F)c3)c3ccccc3C(=O)N2C2CCCCC2)cc1. The summed E-state index contributed by atoms with van der Waals surface area (Å²) in [6, 6.07) is 19.2. The molecule has 0 saturated heterocycles. The lowest BCUT2D eigenvalue weighted by molar-refractivity contribution is -0.119. The van der Waals surface area contributed by atoms with Gasteiger partial charge in [0.05, 0.1) is 19.1 Å². The second kappa shape index (κ2) is 10.1. The van der Waals surface area contributed by atoms with Crippen molar-refractivity contribution in [1.82, 2.24) is 4.90 Å². The lowest BCUT2D eigenvalue weighted by atomic mass is 9.77. The summed E-state index contributed by atoms with van der Waals surface area (Å²) in [5.74, 6) is -0.619. The van der Waals surface area contributed by atoms with Gasteiger partial charge in [0, 0.05) is 17.3 Å². The average Bonchev–Trinajstić information content (AvgIpc) is 2.91. The van der Waals surface area contributed by atoms with Crippen LogP contribution in [0.1, 0.15) is 71.1 Å². The summed E-state index contributed by atoms with van der Waals surface area (Å²) in [5.41, 5.74) is 3.04. The fraction of sp³-hybridized carbons (Fsp3) is 0.333. The third kappa shape index (κ3) is 4.48. The molecule has 2 aliphatic rings. The molecule has 186 valence electrons. The number of benzene rings is 3. The van der Waals surface area contributed by atoms with E-state index in [0.717, 1.165) is 37.7 Å². The van der Waals surface area contributed by atoms with Crippen molar-refractivity contribution in [2.75, 3.05) is 12.4 Å². The summed E-state index contributed by atoms with van der Waals surface area (Å²) in [7, 11) is 1.61. The molecule has 0 aromatic heterocycles. The normalized spacial score (nSPS) is 20.1. The number of methoxy groups -OCH3 is 1. The van der Waals surface area contributed by atoms with Crippen molar-refractivity contribution >= 4 is 17.5 Å². The van der Waals surface area contributed by atoms with E-state index in [1.807, 2.05) is 53.4 Å². The Balaban J connectivity index is 1.63. The van der Waals surface area contributed by atoms with Crippen molar-refractivity contribution in [3.05, 3.63) is 94.8 Å². The lowest BCUT2D eigenvalue weighted by Gasteiger charge is -2.46. The Morgan fingerprint density at radius 1 is 1.00 bits per heavy atom. The fourth-order valence-electron chi connectivity index (χ4n) is 5.64. The zero-order valence-corrected chi connectivity index (χ0v) is 20.7. The van der Waals surface area contributed by atoms with E-state index >= 15 is 0 Å². The summed E-state index contributed by atoms with van der Waals surface area (Å²) < 4.78 is 19.6. The van der Waals surface area contributed by atoms with E-state index in [1.165, 1.54) is 6.07 Å². The van der Waals surface area contributed by atoms with Crippen molar-refractivity contribution in [3.8, 4) is 5.75 Å². The number of halogens is 1. The topological polar surface area (TPSA) is 58.6 Å². The molecule has 0 radical (unpaired) electrons. The smallest absolute Gasteiger partial charge is 0.254 e. The number of nitrogens with one attached hydrogen (secondary N) is 1. The maximum Gasteiger partial charge on any atom is 0.254 e. The Bertz CT molecular complexity index is 1270. The van der Waals surface area contributed by atoms with Gasteiger partial charge in [-0.05, 0) is 66.8 Å². The van der Waals surface area contributed by atoms with Gasteiger partial charge < -0.3 is 15.0 Å². The molecule has 2 atom stereocenters. The van der Waals surface area contributed by atoms with Gasteiger partial charge in [-0.25, -0.2) is 4.39 Å². The highest BCUT2D eigenvalue weighted by Gasteiger charge is 2.46. The number of hydrogen-bond donors (Lipinski definition) is 1. The summed E-state index contributed by atoms with van der Waals surface area (Å²) in [6.45, 7) is 1.69. The van der Waals surface area contributed by atoms with Crippen LogP contribution in [0.2, 0.25) is 0 Å². The molecule has 1 aliphatic carbocycles. The first-order valence-corrected chi connectivity index (χ1v) is 12.6. The molecule has 36 heavy (non-hydrogen) atoms.